The minimum absolute atomic E-state index is 0.220. The summed E-state index contributed by atoms with van der Waals surface area (Å²) in [6.07, 6.45) is 8.08. The average molecular weight is 427 g/mol. The van der Waals surface area contributed by atoms with Crippen molar-refractivity contribution in [3.8, 4) is 0 Å². The van der Waals surface area contributed by atoms with Crippen molar-refractivity contribution in [3.63, 3.8) is 0 Å². The van der Waals surface area contributed by atoms with E-state index in [9.17, 15) is 4.79 Å². The van der Waals surface area contributed by atoms with Crippen molar-refractivity contribution in [1.29, 1.82) is 0 Å². The van der Waals surface area contributed by atoms with Gasteiger partial charge in [-0.1, -0.05) is 43.2 Å². The van der Waals surface area contributed by atoms with Gasteiger partial charge < -0.3 is 9.64 Å². The summed E-state index contributed by atoms with van der Waals surface area (Å²) in [7, 11) is 0. The topological polar surface area (TPSA) is 60.2 Å². The first-order chi connectivity index (χ1) is 14.7. The van der Waals surface area contributed by atoms with Gasteiger partial charge in [-0.15, -0.1) is 11.6 Å². The summed E-state index contributed by atoms with van der Waals surface area (Å²) in [5.74, 6) is -0.335. The van der Waals surface area contributed by atoms with Gasteiger partial charge in [-0.25, -0.2) is 14.5 Å². The Kier molecular flexibility index (Phi) is 6.53. The van der Waals surface area contributed by atoms with Crippen LogP contribution >= 0.6 is 11.6 Å². The van der Waals surface area contributed by atoms with Gasteiger partial charge in [0.2, 0.25) is 0 Å². The monoisotopic (exact) mass is 426 g/mol. The number of hydrogen-bond acceptors (Lipinski definition) is 5. The fraction of sp³-hybridized carbons (Fsp3) is 0.435. The third-order valence-corrected chi connectivity index (χ3v) is 5.94. The molecule has 4 rings (SSSR count). The van der Waals surface area contributed by atoms with Crippen LogP contribution < -0.4 is 4.90 Å². The van der Waals surface area contributed by atoms with Gasteiger partial charge in [0.25, 0.3) is 0 Å². The molecule has 1 atom stereocenters. The van der Waals surface area contributed by atoms with E-state index < -0.39 is 0 Å². The molecule has 7 heteroatoms. The van der Waals surface area contributed by atoms with E-state index in [0.717, 1.165) is 48.2 Å². The standard InChI is InChI=1S/C23H27ClN4O2/c1-2-30-23(29)19-14-25-22-18(21(19)27-12-8-3-4-9-13-27)15-26-28(22)16-20(24)17-10-6-5-7-11-17/h5-7,10-11,14-15,20H,2-4,8-9,12-13,16H2,1H3. The number of ether oxygens (including phenoxy) is 1. The zero-order chi connectivity index (χ0) is 20.9. The quantitative estimate of drug-likeness (QED) is 0.411. The predicted octanol–water partition coefficient (Wildman–Crippen LogP) is 4.97. The highest BCUT2D eigenvalue weighted by atomic mass is 35.5. The lowest BCUT2D eigenvalue weighted by Gasteiger charge is -2.25. The maximum atomic E-state index is 12.7. The molecule has 158 valence electrons. The Bertz CT molecular complexity index is 997. The summed E-state index contributed by atoms with van der Waals surface area (Å²) in [4.78, 5) is 19.6. The lowest BCUT2D eigenvalue weighted by Crippen LogP contribution is -2.26. The summed E-state index contributed by atoms with van der Waals surface area (Å²) < 4.78 is 7.14. The molecule has 1 aromatic carbocycles. The number of aromatic nitrogens is 3. The van der Waals surface area contributed by atoms with Gasteiger partial charge in [-0.2, -0.15) is 5.10 Å². The number of halogens is 1. The minimum Gasteiger partial charge on any atom is -0.462 e. The van der Waals surface area contributed by atoms with Gasteiger partial charge in [-0.05, 0) is 25.3 Å². The number of hydrogen-bond donors (Lipinski definition) is 0. The Hall–Kier alpha value is -2.60. The molecule has 3 heterocycles. The first kappa shape index (κ1) is 20.7. The fourth-order valence-corrected chi connectivity index (χ4v) is 4.34. The van der Waals surface area contributed by atoms with Crippen LogP contribution in [0.5, 0.6) is 0 Å². The van der Waals surface area contributed by atoms with Crippen molar-refractivity contribution in [2.24, 2.45) is 0 Å². The van der Waals surface area contributed by atoms with E-state index in [1.807, 2.05) is 41.9 Å². The second-order valence-corrected chi connectivity index (χ2v) is 8.11. The molecule has 0 spiro atoms. The van der Waals surface area contributed by atoms with E-state index in [-0.39, 0.29) is 11.3 Å². The van der Waals surface area contributed by atoms with Crippen molar-refractivity contribution in [2.45, 2.75) is 44.5 Å². The van der Waals surface area contributed by atoms with E-state index in [2.05, 4.69) is 15.0 Å². The first-order valence-electron chi connectivity index (χ1n) is 10.6. The molecule has 1 unspecified atom stereocenters. The molecule has 0 saturated carbocycles. The summed E-state index contributed by atoms with van der Waals surface area (Å²) in [5, 5.41) is 5.23. The van der Waals surface area contributed by atoms with Gasteiger partial charge in [0.05, 0.1) is 35.8 Å². The van der Waals surface area contributed by atoms with Crippen LogP contribution in [0, 0.1) is 0 Å². The zero-order valence-electron chi connectivity index (χ0n) is 17.3. The van der Waals surface area contributed by atoms with Gasteiger partial charge in [-0.3, -0.25) is 0 Å². The summed E-state index contributed by atoms with van der Waals surface area (Å²) in [6.45, 7) is 4.48. The number of carbonyl (C=O) groups excluding carboxylic acids is 1. The number of pyridine rings is 1. The Morgan fingerprint density at radius 2 is 1.87 bits per heavy atom. The number of nitrogens with zero attached hydrogens (tertiary/aromatic N) is 4. The fourth-order valence-electron chi connectivity index (χ4n) is 4.06. The number of esters is 1. The molecule has 0 radical (unpaired) electrons. The SMILES string of the molecule is CCOC(=O)c1cnc2c(cnn2CC(Cl)c2ccccc2)c1N1CCCCCC1. The van der Waals surface area contributed by atoms with Crippen LogP contribution in [0.25, 0.3) is 11.0 Å². The van der Waals surface area contributed by atoms with Crippen molar-refractivity contribution < 1.29 is 9.53 Å². The van der Waals surface area contributed by atoms with Gasteiger partial charge in [0, 0.05) is 19.3 Å². The molecule has 30 heavy (non-hydrogen) atoms. The van der Waals surface area contributed by atoms with Crippen LogP contribution in [0.3, 0.4) is 0 Å². The highest BCUT2D eigenvalue weighted by Crippen LogP contribution is 2.33. The molecular weight excluding hydrogens is 400 g/mol. The molecule has 2 aromatic heterocycles. The Labute approximate surface area is 181 Å². The van der Waals surface area contributed by atoms with Crippen molar-refractivity contribution in [1.82, 2.24) is 14.8 Å². The van der Waals surface area contributed by atoms with E-state index in [4.69, 9.17) is 16.3 Å². The van der Waals surface area contributed by atoms with Crippen LogP contribution in [0.1, 0.15) is 53.9 Å². The van der Waals surface area contributed by atoms with Crippen LogP contribution in [0.15, 0.2) is 42.7 Å². The van der Waals surface area contributed by atoms with Gasteiger partial charge >= 0.3 is 5.97 Å². The number of carbonyl (C=O) groups is 1. The van der Waals surface area contributed by atoms with Crippen molar-refractivity contribution in [3.05, 3.63) is 53.9 Å². The number of anilines is 1. The second kappa shape index (κ2) is 9.47. The molecule has 1 aliphatic rings. The van der Waals surface area contributed by atoms with Crippen LogP contribution in [0.4, 0.5) is 5.69 Å². The molecule has 0 amide bonds. The highest BCUT2D eigenvalue weighted by molar-refractivity contribution is 6.20. The van der Waals surface area contributed by atoms with Crippen molar-refractivity contribution in [2.75, 3.05) is 24.6 Å². The Balaban J connectivity index is 1.74. The number of fused-ring (bicyclic) bond motifs is 1. The predicted molar refractivity (Wildman–Crippen MR) is 119 cm³/mol. The smallest absolute Gasteiger partial charge is 0.341 e. The molecule has 0 bridgehead atoms. The number of benzene rings is 1. The molecule has 0 N–H and O–H groups in total. The highest BCUT2D eigenvalue weighted by Gasteiger charge is 2.24. The van der Waals surface area contributed by atoms with Gasteiger partial charge in [0.15, 0.2) is 5.65 Å². The third kappa shape index (κ3) is 4.29. The Morgan fingerprint density at radius 3 is 2.57 bits per heavy atom. The van der Waals surface area contributed by atoms with Crippen molar-refractivity contribution >= 4 is 34.3 Å². The molecule has 6 nitrogen and oxygen atoms in total. The minimum atomic E-state index is -0.335. The van der Waals surface area contributed by atoms with Crippen LogP contribution in [0.2, 0.25) is 0 Å². The zero-order valence-corrected chi connectivity index (χ0v) is 18.0. The van der Waals surface area contributed by atoms with E-state index >= 15 is 0 Å². The van der Waals surface area contributed by atoms with Crippen LogP contribution in [-0.2, 0) is 11.3 Å². The molecule has 3 aromatic rings. The molecule has 0 aliphatic carbocycles. The van der Waals surface area contributed by atoms with E-state index in [0.29, 0.717) is 18.7 Å². The Morgan fingerprint density at radius 1 is 1.13 bits per heavy atom. The summed E-state index contributed by atoms with van der Waals surface area (Å²) in [6, 6.07) is 9.96. The average Bonchev–Trinajstić information content (AvgIpc) is 2.98. The summed E-state index contributed by atoms with van der Waals surface area (Å²) in [5.41, 5.74) is 3.18. The maximum Gasteiger partial charge on any atom is 0.341 e. The second-order valence-electron chi connectivity index (χ2n) is 7.58. The number of rotatable bonds is 6. The normalized spacial score (nSPS) is 15.7. The van der Waals surface area contributed by atoms with Crippen LogP contribution in [-0.4, -0.2) is 40.4 Å². The molecular formula is C23H27ClN4O2. The van der Waals surface area contributed by atoms with Gasteiger partial charge in [0.1, 0.15) is 5.56 Å². The lowest BCUT2D eigenvalue weighted by atomic mass is 10.1. The third-order valence-electron chi connectivity index (χ3n) is 5.55. The lowest BCUT2D eigenvalue weighted by molar-refractivity contribution is 0.0527. The molecule has 1 fully saturated rings. The summed E-state index contributed by atoms with van der Waals surface area (Å²) >= 11 is 6.66. The molecule has 1 aliphatic heterocycles. The maximum absolute atomic E-state index is 12.7. The largest absolute Gasteiger partial charge is 0.462 e. The first-order valence-corrected chi connectivity index (χ1v) is 11.1. The molecule has 1 saturated heterocycles. The van der Waals surface area contributed by atoms with E-state index in [1.54, 1.807) is 12.4 Å². The van der Waals surface area contributed by atoms with E-state index in [1.165, 1.54) is 12.8 Å². The number of alkyl halides is 1.